The Kier molecular flexibility index (Phi) is 3.71. The lowest BCUT2D eigenvalue weighted by molar-refractivity contribution is 0.282. The van der Waals surface area contributed by atoms with Crippen LogP contribution in [0.15, 0.2) is 60.9 Å². The van der Waals surface area contributed by atoms with Crippen molar-refractivity contribution in [1.82, 2.24) is 9.55 Å². The molecule has 1 aromatic heterocycles. The SMILES string of the molecule is Nc1cccc(-c2nccn2Cc2ccc(CO)cc2)c1. The van der Waals surface area contributed by atoms with Gasteiger partial charge in [0.15, 0.2) is 0 Å². The summed E-state index contributed by atoms with van der Waals surface area (Å²) >= 11 is 0. The first-order valence-corrected chi connectivity index (χ1v) is 6.82. The van der Waals surface area contributed by atoms with Crippen LogP contribution in [0.25, 0.3) is 11.4 Å². The molecule has 0 radical (unpaired) electrons. The predicted octanol–water partition coefficient (Wildman–Crippen LogP) is 2.67. The molecule has 21 heavy (non-hydrogen) atoms. The molecule has 0 spiro atoms. The maximum absolute atomic E-state index is 9.08. The van der Waals surface area contributed by atoms with E-state index in [1.807, 2.05) is 54.7 Å². The van der Waals surface area contributed by atoms with Crippen molar-refractivity contribution in [3.05, 3.63) is 72.1 Å². The van der Waals surface area contributed by atoms with Crippen LogP contribution in [-0.4, -0.2) is 14.7 Å². The van der Waals surface area contributed by atoms with Gasteiger partial charge < -0.3 is 15.4 Å². The van der Waals surface area contributed by atoms with Crippen LogP contribution in [-0.2, 0) is 13.2 Å². The van der Waals surface area contributed by atoms with Gasteiger partial charge in [-0.15, -0.1) is 0 Å². The topological polar surface area (TPSA) is 64.1 Å². The highest BCUT2D eigenvalue weighted by atomic mass is 16.3. The molecule has 0 saturated carbocycles. The summed E-state index contributed by atoms with van der Waals surface area (Å²) in [6.45, 7) is 0.801. The smallest absolute Gasteiger partial charge is 0.140 e. The molecule has 3 N–H and O–H groups in total. The highest BCUT2D eigenvalue weighted by molar-refractivity contribution is 5.61. The Hall–Kier alpha value is -2.59. The Labute approximate surface area is 123 Å². The quantitative estimate of drug-likeness (QED) is 0.722. The summed E-state index contributed by atoms with van der Waals surface area (Å²) < 4.78 is 2.09. The molecule has 0 aliphatic carbocycles. The lowest BCUT2D eigenvalue weighted by Crippen LogP contribution is -2.01. The minimum absolute atomic E-state index is 0.0693. The standard InChI is InChI=1S/C17H17N3O/c18-16-3-1-2-15(10-16)17-19-8-9-20(17)11-13-4-6-14(12-21)7-5-13/h1-10,21H,11-12,18H2. The molecule has 4 nitrogen and oxygen atoms in total. The maximum atomic E-state index is 9.08. The minimum atomic E-state index is 0.0693. The summed E-state index contributed by atoms with van der Waals surface area (Å²) in [6, 6.07) is 15.6. The summed E-state index contributed by atoms with van der Waals surface area (Å²) in [5.41, 5.74) is 9.66. The molecule has 0 amide bonds. The summed E-state index contributed by atoms with van der Waals surface area (Å²) in [6.07, 6.45) is 3.75. The number of imidazole rings is 1. The third-order valence-corrected chi connectivity index (χ3v) is 3.42. The number of nitrogen functional groups attached to an aromatic ring is 1. The van der Waals surface area contributed by atoms with E-state index in [9.17, 15) is 0 Å². The number of hydrogen-bond donors (Lipinski definition) is 2. The first kappa shape index (κ1) is 13.4. The van der Waals surface area contributed by atoms with E-state index in [0.717, 1.165) is 34.7 Å². The Morgan fingerprint density at radius 1 is 1.05 bits per heavy atom. The van der Waals surface area contributed by atoms with Gasteiger partial charge in [0.05, 0.1) is 6.61 Å². The highest BCUT2D eigenvalue weighted by Crippen LogP contribution is 2.20. The van der Waals surface area contributed by atoms with Gasteiger partial charge in [0.25, 0.3) is 0 Å². The number of aliphatic hydroxyl groups is 1. The van der Waals surface area contributed by atoms with Gasteiger partial charge in [-0.3, -0.25) is 0 Å². The summed E-state index contributed by atoms with van der Waals surface area (Å²) in [7, 11) is 0. The van der Waals surface area contributed by atoms with Crippen LogP contribution in [0.4, 0.5) is 5.69 Å². The number of nitrogens with zero attached hydrogens (tertiary/aromatic N) is 2. The molecule has 0 aliphatic heterocycles. The van der Waals surface area contributed by atoms with Crippen molar-refractivity contribution in [1.29, 1.82) is 0 Å². The first-order valence-electron chi connectivity index (χ1n) is 6.82. The molecule has 0 atom stereocenters. The molecule has 0 bridgehead atoms. The summed E-state index contributed by atoms with van der Waals surface area (Å²) in [5.74, 6) is 0.897. The molecule has 0 aliphatic rings. The molecule has 0 fully saturated rings. The zero-order valence-electron chi connectivity index (χ0n) is 11.6. The number of anilines is 1. The van der Waals surface area contributed by atoms with Crippen molar-refractivity contribution in [3.63, 3.8) is 0 Å². The average molecular weight is 279 g/mol. The second-order valence-electron chi connectivity index (χ2n) is 4.98. The molecule has 3 rings (SSSR count). The number of hydrogen-bond acceptors (Lipinski definition) is 3. The number of aromatic nitrogens is 2. The van der Waals surface area contributed by atoms with E-state index >= 15 is 0 Å². The van der Waals surface area contributed by atoms with Crippen LogP contribution in [0.2, 0.25) is 0 Å². The molecular weight excluding hydrogens is 262 g/mol. The molecule has 0 unspecified atom stereocenters. The van der Waals surface area contributed by atoms with E-state index in [2.05, 4.69) is 9.55 Å². The lowest BCUT2D eigenvalue weighted by atomic mass is 10.1. The summed E-state index contributed by atoms with van der Waals surface area (Å²) in [5, 5.41) is 9.08. The fraction of sp³-hybridized carbons (Fsp3) is 0.118. The van der Waals surface area contributed by atoms with Crippen molar-refractivity contribution in [2.75, 3.05) is 5.73 Å². The van der Waals surface area contributed by atoms with Gasteiger partial charge in [0.1, 0.15) is 5.82 Å². The number of nitrogens with two attached hydrogens (primary N) is 1. The Bertz CT molecular complexity index is 732. The second-order valence-corrected chi connectivity index (χ2v) is 4.98. The molecular formula is C17H17N3O. The Morgan fingerprint density at radius 3 is 2.52 bits per heavy atom. The van der Waals surface area contributed by atoms with E-state index in [4.69, 9.17) is 10.8 Å². The first-order chi connectivity index (χ1) is 10.3. The van der Waals surface area contributed by atoms with Crippen LogP contribution in [0, 0.1) is 0 Å². The van der Waals surface area contributed by atoms with E-state index in [0.29, 0.717) is 0 Å². The number of aliphatic hydroxyl groups excluding tert-OH is 1. The molecule has 106 valence electrons. The molecule has 0 saturated heterocycles. The highest BCUT2D eigenvalue weighted by Gasteiger charge is 2.06. The lowest BCUT2D eigenvalue weighted by Gasteiger charge is -2.09. The van der Waals surface area contributed by atoms with Crippen molar-refractivity contribution in [2.24, 2.45) is 0 Å². The number of benzene rings is 2. The van der Waals surface area contributed by atoms with Crippen LogP contribution < -0.4 is 5.73 Å². The van der Waals surface area contributed by atoms with Crippen molar-refractivity contribution < 1.29 is 5.11 Å². The third-order valence-electron chi connectivity index (χ3n) is 3.42. The zero-order valence-corrected chi connectivity index (χ0v) is 11.6. The van der Waals surface area contributed by atoms with Gasteiger partial charge in [0.2, 0.25) is 0 Å². The Morgan fingerprint density at radius 2 is 1.81 bits per heavy atom. The fourth-order valence-electron chi connectivity index (χ4n) is 2.32. The largest absolute Gasteiger partial charge is 0.399 e. The van der Waals surface area contributed by atoms with Gasteiger partial charge in [-0.05, 0) is 23.3 Å². The number of rotatable bonds is 4. The van der Waals surface area contributed by atoms with Gasteiger partial charge in [-0.1, -0.05) is 36.4 Å². The molecule has 1 heterocycles. The van der Waals surface area contributed by atoms with E-state index in [1.165, 1.54) is 0 Å². The van der Waals surface area contributed by atoms with Gasteiger partial charge in [-0.2, -0.15) is 0 Å². The van der Waals surface area contributed by atoms with Crippen LogP contribution in [0.5, 0.6) is 0 Å². The van der Waals surface area contributed by atoms with Crippen LogP contribution in [0.1, 0.15) is 11.1 Å². The summed E-state index contributed by atoms with van der Waals surface area (Å²) in [4.78, 5) is 4.42. The van der Waals surface area contributed by atoms with E-state index in [-0.39, 0.29) is 6.61 Å². The molecule has 4 heteroatoms. The predicted molar refractivity (Wildman–Crippen MR) is 83.5 cm³/mol. The van der Waals surface area contributed by atoms with Gasteiger partial charge >= 0.3 is 0 Å². The van der Waals surface area contributed by atoms with Gasteiger partial charge in [0, 0.05) is 30.2 Å². The average Bonchev–Trinajstić information content (AvgIpc) is 2.96. The van der Waals surface area contributed by atoms with Crippen LogP contribution >= 0.6 is 0 Å². The van der Waals surface area contributed by atoms with E-state index < -0.39 is 0 Å². The van der Waals surface area contributed by atoms with Crippen molar-refractivity contribution in [2.45, 2.75) is 13.2 Å². The van der Waals surface area contributed by atoms with Crippen molar-refractivity contribution in [3.8, 4) is 11.4 Å². The van der Waals surface area contributed by atoms with Gasteiger partial charge in [-0.25, -0.2) is 4.98 Å². The van der Waals surface area contributed by atoms with Crippen LogP contribution in [0.3, 0.4) is 0 Å². The van der Waals surface area contributed by atoms with E-state index in [1.54, 1.807) is 6.20 Å². The van der Waals surface area contributed by atoms with Crippen molar-refractivity contribution >= 4 is 5.69 Å². The minimum Gasteiger partial charge on any atom is -0.399 e. The zero-order chi connectivity index (χ0) is 14.7. The maximum Gasteiger partial charge on any atom is 0.140 e. The second kappa shape index (κ2) is 5.81. The molecule has 2 aromatic carbocycles. The normalized spacial score (nSPS) is 10.7. The fourth-order valence-corrected chi connectivity index (χ4v) is 2.32. The third kappa shape index (κ3) is 2.95. The monoisotopic (exact) mass is 279 g/mol. The Balaban J connectivity index is 1.88. The molecule has 3 aromatic rings.